The third-order valence-corrected chi connectivity index (χ3v) is 2.51. The summed E-state index contributed by atoms with van der Waals surface area (Å²) in [5, 5.41) is 0. The van der Waals surface area contributed by atoms with Gasteiger partial charge < -0.3 is 9.30 Å². The van der Waals surface area contributed by atoms with E-state index in [0.29, 0.717) is 11.3 Å². The summed E-state index contributed by atoms with van der Waals surface area (Å²) in [5.41, 5.74) is -0.385. The highest BCUT2D eigenvalue weighted by Crippen LogP contribution is 2.33. The smallest absolute Gasteiger partial charge is 0.434 e. The summed E-state index contributed by atoms with van der Waals surface area (Å²) in [4.78, 5) is 3.62. The Balaban J connectivity index is 2.55. The first-order valence-electron chi connectivity index (χ1n) is 5.17. The topological polar surface area (TPSA) is 27.1 Å². The van der Waals surface area contributed by atoms with E-state index in [-0.39, 0.29) is 5.82 Å². The molecular weight excluding hydrogens is 245 g/mol. The van der Waals surface area contributed by atoms with E-state index in [2.05, 4.69) is 4.98 Å². The lowest BCUT2D eigenvalue weighted by Crippen LogP contribution is -2.04. The monoisotopic (exact) mass is 256 g/mol. The summed E-state index contributed by atoms with van der Waals surface area (Å²) < 4.78 is 44.2. The molecule has 0 fully saturated rings. The van der Waals surface area contributed by atoms with E-state index >= 15 is 0 Å². The summed E-state index contributed by atoms with van der Waals surface area (Å²) in [6, 6.07) is 6.81. The maximum Gasteiger partial charge on any atom is 0.434 e. The lowest BCUT2D eigenvalue weighted by Gasteiger charge is -2.07. The maximum absolute atomic E-state index is 12.6. The third kappa shape index (κ3) is 2.18. The normalized spacial score (nSPS) is 11.6. The summed E-state index contributed by atoms with van der Waals surface area (Å²) in [5.74, 6) is 0.708. The molecule has 0 amide bonds. The van der Waals surface area contributed by atoms with Gasteiger partial charge in [0.2, 0.25) is 0 Å². The first-order chi connectivity index (χ1) is 8.43. The standard InChI is InChI=1S/C12H11F3N2O/c1-17-7-10(12(13,14)15)16-11(17)8-5-3-4-6-9(8)18-2/h3-7H,1-2H3. The Labute approximate surface area is 102 Å². The van der Waals surface area contributed by atoms with Crippen LogP contribution in [0.1, 0.15) is 5.69 Å². The lowest BCUT2D eigenvalue weighted by atomic mass is 10.2. The number of methoxy groups -OCH3 is 1. The van der Waals surface area contributed by atoms with E-state index in [9.17, 15) is 13.2 Å². The predicted octanol–water partition coefficient (Wildman–Crippen LogP) is 3.11. The van der Waals surface area contributed by atoms with Crippen molar-refractivity contribution in [2.75, 3.05) is 7.11 Å². The molecule has 0 radical (unpaired) electrons. The van der Waals surface area contributed by atoms with Crippen LogP contribution in [-0.2, 0) is 13.2 Å². The fourth-order valence-corrected chi connectivity index (χ4v) is 1.68. The summed E-state index contributed by atoms with van der Waals surface area (Å²) in [6.45, 7) is 0. The molecule has 18 heavy (non-hydrogen) atoms. The molecule has 1 aromatic heterocycles. The fraction of sp³-hybridized carbons (Fsp3) is 0.250. The first-order valence-corrected chi connectivity index (χ1v) is 5.17. The quantitative estimate of drug-likeness (QED) is 0.825. The summed E-state index contributed by atoms with van der Waals surface area (Å²) >= 11 is 0. The maximum atomic E-state index is 12.6. The molecule has 0 spiro atoms. The average Bonchev–Trinajstić information content (AvgIpc) is 2.71. The van der Waals surface area contributed by atoms with Crippen molar-refractivity contribution in [2.24, 2.45) is 7.05 Å². The number of aryl methyl sites for hydroxylation is 1. The molecule has 0 N–H and O–H groups in total. The highest BCUT2D eigenvalue weighted by atomic mass is 19.4. The van der Waals surface area contributed by atoms with E-state index in [1.54, 1.807) is 24.3 Å². The van der Waals surface area contributed by atoms with Crippen molar-refractivity contribution in [3.63, 3.8) is 0 Å². The van der Waals surface area contributed by atoms with Crippen molar-refractivity contribution in [3.8, 4) is 17.1 Å². The van der Waals surface area contributed by atoms with E-state index in [0.717, 1.165) is 6.20 Å². The number of aromatic nitrogens is 2. The third-order valence-electron chi connectivity index (χ3n) is 2.51. The van der Waals surface area contributed by atoms with Crippen molar-refractivity contribution in [2.45, 2.75) is 6.18 Å². The van der Waals surface area contributed by atoms with Gasteiger partial charge in [0.15, 0.2) is 5.69 Å². The minimum absolute atomic E-state index is 0.222. The largest absolute Gasteiger partial charge is 0.496 e. The van der Waals surface area contributed by atoms with Gasteiger partial charge in [-0.25, -0.2) is 4.98 Å². The average molecular weight is 256 g/mol. The lowest BCUT2D eigenvalue weighted by molar-refractivity contribution is -0.140. The fourth-order valence-electron chi connectivity index (χ4n) is 1.68. The Morgan fingerprint density at radius 2 is 1.89 bits per heavy atom. The molecule has 3 nitrogen and oxygen atoms in total. The molecule has 1 aromatic carbocycles. The number of hydrogen-bond donors (Lipinski definition) is 0. The number of hydrogen-bond acceptors (Lipinski definition) is 2. The molecule has 96 valence electrons. The van der Waals surface area contributed by atoms with E-state index in [1.165, 1.54) is 18.7 Å². The van der Waals surface area contributed by atoms with Gasteiger partial charge in [-0.05, 0) is 12.1 Å². The summed E-state index contributed by atoms with van der Waals surface area (Å²) in [6.07, 6.45) is -3.49. The zero-order valence-corrected chi connectivity index (χ0v) is 9.82. The van der Waals surface area contributed by atoms with Crippen molar-refractivity contribution in [1.82, 2.24) is 9.55 Å². The van der Waals surface area contributed by atoms with Crippen LogP contribution < -0.4 is 4.74 Å². The van der Waals surface area contributed by atoms with Crippen molar-refractivity contribution < 1.29 is 17.9 Å². The van der Waals surface area contributed by atoms with Gasteiger partial charge in [-0.3, -0.25) is 0 Å². The van der Waals surface area contributed by atoms with Crippen LogP contribution in [-0.4, -0.2) is 16.7 Å². The number of rotatable bonds is 2. The molecule has 6 heteroatoms. The van der Waals surface area contributed by atoms with Gasteiger partial charge in [0.05, 0.1) is 12.7 Å². The highest BCUT2D eigenvalue weighted by Gasteiger charge is 2.34. The Morgan fingerprint density at radius 1 is 1.22 bits per heavy atom. The predicted molar refractivity (Wildman–Crippen MR) is 60.2 cm³/mol. The van der Waals surface area contributed by atoms with Crippen LogP contribution in [0, 0.1) is 0 Å². The van der Waals surface area contributed by atoms with Gasteiger partial charge in [-0.2, -0.15) is 13.2 Å². The molecule has 0 aliphatic carbocycles. The van der Waals surface area contributed by atoms with Crippen molar-refractivity contribution in [3.05, 3.63) is 36.2 Å². The van der Waals surface area contributed by atoms with Crippen LogP contribution in [0.5, 0.6) is 5.75 Å². The second-order valence-corrected chi connectivity index (χ2v) is 3.76. The highest BCUT2D eigenvalue weighted by molar-refractivity contribution is 5.64. The number of ether oxygens (including phenoxy) is 1. The SMILES string of the molecule is COc1ccccc1-c1nc(C(F)(F)F)cn1C. The Morgan fingerprint density at radius 3 is 2.44 bits per heavy atom. The zero-order chi connectivity index (χ0) is 13.3. The van der Waals surface area contributed by atoms with Crippen LogP contribution in [0.4, 0.5) is 13.2 Å². The number of imidazole rings is 1. The van der Waals surface area contributed by atoms with Crippen molar-refractivity contribution >= 4 is 0 Å². The molecule has 2 aromatic rings. The van der Waals surface area contributed by atoms with Gasteiger partial charge in [0.1, 0.15) is 11.6 Å². The van der Waals surface area contributed by atoms with Crippen molar-refractivity contribution in [1.29, 1.82) is 0 Å². The van der Waals surface area contributed by atoms with Gasteiger partial charge >= 0.3 is 6.18 Å². The van der Waals surface area contributed by atoms with E-state index in [1.807, 2.05) is 0 Å². The van der Waals surface area contributed by atoms with Gasteiger partial charge in [0, 0.05) is 13.2 Å². The Kier molecular flexibility index (Phi) is 3.02. The molecule has 0 saturated carbocycles. The molecule has 0 bridgehead atoms. The van der Waals surface area contributed by atoms with Crippen LogP contribution >= 0.6 is 0 Å². The number of alkyl halides is 3. The molecule has 0 aliphatic heterocycles. The number of benzene rings is 1. The molecule has 0 saturated heterocycles. The summed E-state index contributed by atoms with van der Waals surface area (Å²) in [7, 11) is 2.98. The first kappa shape index (κ1) is 12.5. The molecule has 1 heterocycles. The minimum atomic E-state index is -4.45. The van der Waals surface area contributed by atoms with Gasteiger partial charge in [-0.1, -0.05) is 12.1 Å². The molecule has 0 atom stereocenters. The van der Waals surface area contributed by atoms with Crippen LogP contribution in [0.2, 0.25) is 0 Å². The van der Waals surface area contributed by atoms with Gasteiger partial charge in [0.25, 0.3) is 0 Å². The molecule has 0 aliphatic rings. The molecule has 0 unspecified atom stereocenters. The number of nitrogens with zero attached hydrogens (tertiary/aromatic N) is 2. The second-order valence-electron chi connectivity index (χ2n) is 3.76. The van der Waals surface area contributed by atoms with Crippen LogP contribution in [0.15, 0.2) is 30.5 Å². The van der Waals surface area contributed by atoms with Crippen LogP contribution in [0.25, 0.3) is 11.4 Å². The van der Waals surface area contributed by atoms with E-state index < -0.39 is 11.9 Å². The molecular formula is C12H11F3N2O. The van der Waals surface area contributed by atoms with E-state index in [4.69, 9.17) is 4.74 Å². The number of halogens is 3. The van der Waals surface area contributed by atoms with Gasteiger partial charge in [-0.15, -0.1) is 0 Å². The Bertz CT molecular complexity index is 561. The van der Waals surface area contributed by atoms with Crippen LogP contribution in [0.3, 0.4) is 0 Å². The zero-order valence-electron chi connectivity index (χ0n) is 9.82. The second kappa shape index (κ2) is 4.36. The minimum Gasteiger partial charge on any atom is -0.496 e. The molecule has 2 rings (SSSR count). The Hall–Kier alpha value is -1.98. The number of para-hydroxylation sites is 1.